The van der Waals surface area contributed by atoms with Crippen LogP contribution in [0.2, 0.25) is 0 Å². The first kappa shape index (κ1) is 15.7. The maximum atomic E-state index is 12.0. The number of ether oxygens (including phenoxy) is 3. The number of hydrogen-bond donors (Lipinski definition) is 2. The number of nitrogens with one attached hydrogen (secondary N) is 2. The van der Waals surface area contributed by atoms with Gasteiger partial charge >= 0.3 is 12.0 Å². The zero-order valence-electron chi connectivity index (χ0n) is 13.0. The molecule has 1 aliphatic heterocycles. The number of carbonyl (C=O) groups is 2. The van der Waals surface area contributed by atoms with Crippen LogP contribution in [0.15, 0.2) is 42.5 Å². The molecule has 2 aromatic carbocycles. The van der Waals surface area contributed by atoms with E-state index in [1.165, 1.54) is 7.11 Å². The zero-order valence-corrected chi connectivity index (χ0v) is 13.0. The van der Waals surface area contributed by atoms with Gasteiger partial charge in [-0.25, -0.2) is 9.59 Å². The summed E-state index contributed by atoms with van der Waals surface area (Å²) >= 11 is 0. The van der Waals surface area contributed by atoms with Crippen LogP contribution in [0, 0.1) is 0 Å². The molecule has 124 valence electrons. The van der Waals surface area contributed by atoms with Crippen LogP contribution >= 0.6 is 0 Å². The summed E-state index contributed by atoms with van der Waals surface area (Å²) in [4.78, 5) is 23.5. The van der Waals surface area contributed by atoms with E-state index in [9.17, 15) is 9.59 Å². The first-order valence-corrected chi connectivity index (χ1v) is 7.27. The molecule has 7 nitrogen and oxygen atoms in total. The van der Waals surface area contributed by atoms with Crippen LogP contribution in [-0.2, 0) is 11.3 Å². The van der Waals surface area contributed by atoms with Gasteiger partial charge in [-0.1, -0.05) is 12.1 Å². The highest BCUT2D eigenvalue weighted by Gasteiger charge is 2.13. The lowest BCUT2D eigenvalue weighted by molar-refractivity contribution is 0.0600. The lowest BCUT2D eigenvalue weighted by atomic mass is 10.2. The highest BCUT2D eigenvalue weighted by molar-refractivity contribution is 5.93. The van der Waals surface area contributed by atoms with E-state index in [2.05, 4.69) is 15.4 Å². The molecule has 1 aliphatic rings. The molecule has 3 rings (SSSR count). The Morgan fingerprint density at radius 2 is 1.96 bits per heavy atom. The van der Waals surface area contributed by atoms with E-state index in [1.807, 2.05) is 12.1 Å². The second kappa shape index (κ2) is 6.91. The van der Waals surface area contributed by atoms with Crippen LogP contribution in [0.25, 0.3) is 0 Å². The number of rotatable bonds is 4. The third-order valence-electron chi connectivity index (χ3n) is 3.43. The molecule has 2 amide bonds. The predicted molar refractivity (Wildman–Crippen MR) is 86.2 cm³/mol. The summed E-state index contributed by atoms with van der Waals surface area (Å²) in [6.07, 6.45) is 0. The van der Waals surface area contributed by atoms with Crippen molar-refractivity contribution in [3.05, 3.63) is 53.6 Å². The molecule has 0 bridgehead atoms. The zero-order chi connectivity index (χ0) is 16.9. The SMILES string of the molecule is COC(=O)c1cccc(NC(=O)NCc2ccc3c(c2)OCO3)c1. The van der Waals surface area contributed by atoms with E-state index < -0.39 is 5.97 Å². The summed E-state index contributed by atoms with van der Waals surface area (Å²) in [7, 11) is 1.31. The molecule has 0 atom stereocenters. The third kappa shape index (κ3) is 3.57. The van der Waals surface area contributed by atoms with Gasteiger partial charge in [0, 0.05) is 12.2 Å². The van der Waals surface area contributed by atoms with Crippen molar-refractivity contribution in [1.29, 1.82) is 0 Å². The lowest BCUT2D eigenvalue weighted by Gasteiger charge is -2.09. The third-order valence-corrected chi connectivity index (χ3v) is 3.43. The van der Waals surface area contributed by atoms with Gasteiger partial charge in [0.2, 0.25) is 6.79 Å². The molecule has 0 fully saturated rings. The van der Waals surface area contributed by atoms with Gasteiger partial charge in [0.1, 0.15) is 0 Å². The van der Waals surface area contributed by atoms with E-state index >= 15 is 0 Å². The summed E-state index contributed by atoms with van der Waals surface area (Å²) in [6, 6.07) is 11.6. The molecule has 0 radical (unpaired) electrons. The summed E-state index contributed by atoms with van der Waals surface area (Å²) in [6.45, 7) is 0.544. The quantitative estimate of drug-likeness (QED) is 0.842. The topological polar surface area (TPSA) is 85.9 Å². The van der Waals surface area contributed by atoms with E-state index in [0.717, 1.165) is 5.56 Å². The smallest absolute Gasteiger partial charge is 0.337 e. The van der Waals surface area contributed by atoms with Crippen LogP contribution in [0.4, 0.5) is 10.5 Å². The molecule has 24 heavy (non-hydrogen) atoms. The van der Waals surface area contributed by atoms with E-state index in [-0.39, 0.29) is 12.8 Å². The van der Waals surface area contributed by atoms with Crippen molar-refractivity contribution in [2.24, 2.45) is 0 Å². The molecule has 7 heteroatoms. The molecule has 0 aliphatic carbocycles. The van der Waals surface area contributed by atoms with Crippen LogP contribution in [-0.4, -0.2) is 25.9 Å². The first-order chi connectivity index (χ1) is 11.7. The van der Waals surface area contributed by atoms with Crippen LogP contribution < -0.4 is 20.1 Å². The van der Waals surface area contributed by atoms with Gasteiger partial charge < -0.3 is 24.8 Å². The molecule has 0 unspecified atom stereocenters. The second-order valence-corrected chi connectivity index (χ2v) is 5.07. The molecule has 0 saturated carbocycles. The molecule has 1 heterocycles. The maximum Gasteiger partial charge on any atom is 0.337 e. The minimum Gasteiger partial charge on any atom is -0.465 e. The molecule has 0 saturated heterocycles. The van der Waals surface area contributed by atoms with Crippen molar-refractivity contribution >= 4 is 17.7 Å². The van der Waals surface area contributed by atoms with Crippen molar-refractivity contribution < 1.29 is 23.8 Å². The lowest BCUT2D eigenvalue weighted by Crippen LogP contribution is -2.28. The average Bonchev–Trinajstić information content (AvgIpc) is 3.07. The van der Waals surface area contributed by atoms with Crippen LogP contribution in [0.3, 0.4) is 0 Å². The van der Waals surface area contributed by atoms with Gasteiger partial charge in [0.25, 0.3) is 0 Å². The number of hydrogen-bond acceptors (Lipinski definition) is 5. The Kier molecular flexibility index (Phi) is 4.51. The minimum absolute atomic E-state index is 0.212. The number of anilines is 1. The molecule has 2 N–H and O–H groups in total. The number of carbonyl (C=O) groups excluding carboxylic acids is 2. The molecular formula is C17H16N2O5. The number of urea groups is 1. The Balaban J connectivity index is 1.57. The first-order valence-electron chi connectivity index (χ1n) is 7.27. The van der Waals surface area contributed by atoms with E-state index in [1.54, 1.807) is 30.3 Å². The van der Waals surface area contributed by atoms with Gasteiger partial charge in [-0.2, -0.15) is 0 Å². The average molecular weight is 328 g/mol. The van der Waals surface area contributed by atoms with Gasteiger partial charge in [-0.15, -0.1) is 0 Å². The molecule has 2 aromatic rings. The van der Waals surface area contributed by atoms with Gasteiger partial charge in [0.15, 0.2) is 11.5 Å². The van der Waals surface area contributed by atoms with Gasteiger partial charge in [0.05, 0.1) is 12.7 Å². The van der Waals surface area contributed by atoms with Crippen LogP contribution in [0.5, 0.6) is 11.5 Å². The number of methoxy groups -OCH3 is 1. The Labute approximate surface area is 138 Å². The number of benzene rings is 2. The minimum atomic E-state index is -0.459. The fourth-order valence-electron chi connectivity index (χ4n) is 2.25. The van der Waals surface area contributed by atoms with E-state index in [0.29, 0.717) is 29.3 Å². The maximum absolute atomic E-state index is 12.0. The Hall–Kier alpha value is -3.22. The van der Waals surface area contributed by atoms with Crippen molar-refractivity contribution in [3.63, 3.8) is 0 Å². The molecule has 0 spiro atoms. The van der Waals surface area contributed by atoms with Crippen molar-refractivity contribution in [3.8, 4) is 11.5 Å². The summed E-state index contributed by atoms with van der Waals surface area (Å²) in [5, 5.41) is 5.41. The highest BCUT2D eigenvalue weighted by atomic mass is 16.7. The summed E-state index contributed by atoms with van der Waals surface area (Å²) in [5.74, 6) is 0.905. The number of esters is 1. The van der Waals surface area contributed by atoms with Crippen molar-refractivity contribution in [2.45, 2.75) is 6.54 Å². The van der Waals surface area contributed by atoms with Gasteiger partial charge in [-0.05, 0) is 35.9 Å². The fraction of sp³-hybridized carbons (Fsp3) is 0.176. The summed E-state index contributed by atoms with van der Waals surface area (Å²) < 4.78 is 15.2. The largest absolute Gasteiger partial charge is 0.465 e. The Morgan fingerprint density at radius 3 is 2.79 bits per heavy atom. The van der Waals surface area contributed by atoms with Gasteiger partial charge in [-0.3, -0.25) is 0 Å². The monoisotopic (exact) mass is 328 g/mol. The van der Waals surface area contributed by atoms with Crippen LogP contribution in [0.1, 0.15) is 15.9 Å². The predicted octanol–water partition coefficient (Wildman–Crippen LogP) is 2.52. The van der Waals surface area contributed by atoms with Crippen molar-refractivity contribution in [2.75, 3.05) is 19.2 Å². The number of fused-ring (bicyclic) bond motifs is 1. The summed E-state index contributed by atoms with van der Waals surface area (Å²) in [5.41, 5.74) is 1.75. The number of amides is 2. The second-order valence-electron chi connectivity index (χ2n) is 5.07. The Morgan fingerprint density at radius 1 is 1.12 bits per heavy atom. The fourth-order valence-corrected chi connectivity index (χ4v) is 2.25. The standard InChI is InChI=1S/C17H16N2O5/c1-22-16(20)12-3-2-4-13(8-12)19-17(21)18-9-11-5-6-14-15(7-11)24-10-23-14/h2-8H,9-10H2,1H3,(H2,18,19,21). The molecule has 0 aromatic heterocycles. The van der Waals surface area contributed by atoms with E-state index in [4.69, 9.17) is 9.47 Å². The van der Waals surface area contributed by atoms with Crippen molar-refractivity contribution in [1.82, 2.24) is 5.32 Å². The molecular weight excluding hydrogens is 312 g/mol. The normalized spacial score (nSPS) is 11.7. The highest BCUT2D eigenvalue weighted by Crippen LogP contribution is 2.32. The Bertz CT molecular complexity index is 775.